The molecule has 144 valence electrons. The molecular formula is C22H24N4OS. The van der Waals surface area contributed by atoms with Crippen molar-refractivity contribution >= 4 is 27.5 Å². The number of hydrogen-bond acceptors (Lipinski definition) is 5. The van der Waals surface area contributed by atoms with Crippen molar-refractivity contribution in [3.63, 3.8) is 0 Å². The Kier molecular flexibility index (Phi) is 4.61. The lowest BCUT2D eigenvalue weighted by molar-refractivity contribution is 0.0929. The maximum Gasteiger partial charge on any atom is 0.251 e. The number of thiophene rings is 1. The monoisotopic (exact) mass is 392 g/mol. The molecule has 5 rings (SSSR count). The van der Waals surface area contributed by atoms with Gasteiger partial charge in [0.1, 0.15) is 10.7 Å². The van der Waals surface area contributed by atoms with Gasteiger partial charge in [0.05, 0.1) is 5.69 Å². The van der Waals surface area contributed by atoms with Crippen LogP contribution in [0.3, 0.4) is 0 Å². The van der Waals surface area contributed by atoms with Crippen molar-refractivity contribution in [1.29, 1.82) is 0 Å². The molecular weight excluding hydrogens is 368 g/mol. The van der Waals surface area contributed by atoms with Gasteiger partial charge in [-0.3, -0.25) is 4.79 Å². The summed E-state index contributed by atoms with van der Waals surface area (Å²) in [5.74, 6) is 1.82. The van der Waals surface area contributed by atoms with Crippen molar-refractivity contribution in [2.45, 2.75) is 44.1 Å². The molecule has 2 unspecified atom stereocenters. The van der Waals surface area contributed by atoms with Crippen molar-refractivity contribution in [3.8, 4) is 0 Å². The smallest absolute Gasteiger partial charge is 0.251 e. The van der Waals surface area contributed by atoms with E-state index in [-0.39, 0.29) is 11.9 Å². The highest BCUT2D eigenvalue weighted by Crippen LogP contribution is 2.55. The van der Waals surface area contributed by atoms with Crippen LogP contribution in [0.4, 0.5) is 0 Å². The number of hydrogen-bond donors (Lipinski definition) is 2. The summed E-state index contributed by atoms with van der Waals surface area (Å²) in [5, 5.41) is 9.78. The Morgan fingerprint density at radius 1 is 1.11 bits per heavy atom. The fourth-order valence-corrected chi connectivity index (χ4v) is 5.07. The van der Waals surface area contributed by atoms with E-state index in [2.05, 4.69) is 39.2 Å². The molecule has 0 bridgehead atoms. The number of piperidine rings is 1. The second kappa shape index (κ2) is 7.26. The minimum Gasteiger partial charge on any atom is -0.349 e. The Hall–Kier alpha value is -2.31. The average Bonchev–Trinajstić information content (AvgIpc) is 3.37. The summed E-state index contributed by atoms with van der Waals surface area (Å²) < 4.78 is 0. The molecule has 3 aromatic rings. The molecule has 1 aliphatic carbocycles. The molecule has 3 heterocycles. The predicted molar refractivity (Wildman–Crippen MR) is 112 cm³/mol. The fraction of sp³-hybridized carbons (Fsp3) is 0.409. The van der Waals surface area contributed by atoms with E-state index in [4.69, 9.17) is 4.98 Å². The van der Waals surface area contributed by atoms with Gasteiger partial charge < -0.3 is 10.6 Å². The maximum absolute atomic E-state index is 12.5. The first-order valence-corrected chi connectivity index (χ1v) is 10.9. The van der Waals surface area contributed by atoms with Gasteiger partial charge in [-0.2, -0.15) is 0 Å². The summed E-state index contributed by atoms with van der Waals surface area (Å²) in [7, 11) is 0. The Morgan fingerprint density at radius 3 is 2.68 bits per heavy atom. The number of carbonyl (C=O) groups is 1. The third-order valence-corrected chi connectivity index (χ3v) is 6.69. The number of nitrogens with one attached hydrogen (secondary N) is 2. The third-order valence-electron chi connectivity index (χ3n) is 5.88. The molecule has 5 nitrogen and oxygen atoms in total. The van der Waals surface area contributed by atoms with Gasteiger partial charge in [-0.1, -0.05) is 12.1 Å². The molecule has 2 fully saturated rings. The van der Waals surface area contributed by atoms with Crippen LogP contribution in [0, 0.1) is 6.92 Å². The Bertz CT molecular complexity index is 1010. The number of aromatic nitrogens is 2. The Morgan fingerprint density at radius 2 is 1.89 bits per heavy atom. The van der Waals surface area contributed by atoms with Crippen LogP contribution in [0.2, 0.25) is 0 Å². The highest BCUT2D eigenvalue weighted by molar-refractivity contribution is 7.16. The van der Waals surface area contributed by atoms with Crippen LogP contribution >= 0.6 is 11.3 Å². The van der Waals surface area contributed by atoms with E-state index < -0.39 is 0 Å². The van der Waals surface area contributed by atoms with E-state index in [1.807, 2.05) is 19.1 Å². The van der Waals surface area contributed by atoms with Gasteiger partial charge in [-0.15, -0.1) is 11.3 Å². The topological polar surface area (TPSA) is 66.9 Å². The number of carbonyl (C=O) groups excluding carboxylic acids is 1. The summed E-state index contributed by atoms with van der Waals surface area (Å²) in [4.78, 5) is 22.9. The molecule has 2 aliphatic rings. The predicted octanol–water partition coefficient (Wildman–Crippen LogP) is 3.75. The molecule has 2 N–H and O–H groups in total. The van der Waals surface area contributed by atoms with E-state index in [0.717, 1.165) is 48.6 Å². The summed E-state index contributed by atoms with van der Waals surface area (Å²) in [6.07, 6.45) is 3.12. The first-order valence-electron chi connectivity index (χ1n) is 10.0. The van der Waals surface area contributed by atoms with Crippen LogP contribution < -0.4 is 10.6 Å². The number of aryl methyl sites for hydroxylation is 1. The van der Waals surface area contributed by atoms with Crippen molar-refractivity contribution in [3.05, 3.63) is 58.4 Å². The summed E-state index contributed by atoms with van der Waals surface area (Å²) in [5.41, 5.74) is 3.22. The van der Waals surface area contributed by atoms with E-state index in [0.29, 0.717) is 11.8 Å². The minimum absolute atomic E-state index is 0.0391. The van der Waals surface area contributed by atoms with Crippen LogP contribution in [0.15, 0.2) is 35.7 Å². The zero-order chi connectivity index (χ0) is 19.1. The largest absolute Gasteiger partial charge is 0.349 e. The van der Waals surface area contributed by atoms with Crippen molar-refractivity contribution in [1.82, 2.24) is 20.6 Å². The molecule has 28 heavy (non-hydrogen) atoms. The second-order valence-electron chi connectivity index (χ2n) is 7.86. The molecule has 6 heteroatoms. The average molecular weight is 393 g/mol. The number of benzene rings is 1. The second-order valence-corrected chi connectivity index (χ2v) is 8.76. The lowest BCUT2D eigenvalue weighted by Crippen LogP contribution is -2.42. The van der Waals surface area contributed by atoms with Gasteiger partial charge in [-0.05, 0) is 74.3 Å². The minimum atomic E-state index is 0.0391. The highest BCUT2D eigenvalue weighted by Gasteiger charge is 2.41. The number of amides is 1. The van der Waals surface area contributed by atoms with Crippen molar-refractivity contribution in [2.24, 2.45) is 0 Å². The normalized spacial score (nSPS) is 22.3. The standard InChI is InChI=1S/C22H24N4OS/c1-13-24-20(17-8-11-28-22(17)25-13)19-12-18(19)14-2-4-15(5-3-14)21(27)26-16-6-9-23-10-7-16/h2-5,8,11,16,18-19,23H,6-7,9-10,12H2,1H3,(H,26,27). The fourth-order valence-electron chi connectivity index (χ4n) is 4.25. The number of nitrogens with zero attached hydrogens (tertiary/aromatic N) is 2. The van der Waals surface area contributed by atoms with Gasteiger partial charge in [-0.25, -0.2) is 9.97 Å². The van der Waals surface area contributed by atoms with Gasteiger partial charge in [0.15, 0.2) is 0 Å². The first-order chi connectivity index (χ1) is 13.7. The van der Waals surface area contributed by atoms with Gasteiger partial charge in [0, 0.05) is 22.9 Å². The quantitative estimate of drug-likeness (QED) is 0.710. The van der Waals surface area contributed by atoms with Crippen LogP contribution in [0.5, 0.6) is 0 Å². The van der Waals surface area contributed by atoms with Gasteiger partial charge >= 0.3 is 0 Å². The molecule has 1 aromatic carbocycles. The number of fused-ring (bicyclic) bond motifs is 1. The number of rotatable bonds is 4. The van der Waals surface area contributed by atoms with E-state index in [9.17, 15) is 4.79 Å². The molecule has 1 saturated heterocycles. The van der Waals surface area contributed by atoms with Gasteiger partial charge in [0.25, 0.3) is 5.91 Å². The molecule has 1 amide bonds. The summed E-state index contributed by atoms with van der Waals surface area (Å²) in [6, 6.07) is 10.6. The summed E-state index contributed by atoms with van der Waals surface area (Å²) in [6.45, 7) is 3.93. The van der Waals surface area contributed by atoms with Crippen LogP contribution in [0.25, 0.3) is 10.2 Å². The molecule has 1 saturated carbocycles. The SMILES string of the molecule is Cc1nc(C2CC2c2ccc(C(=O)NC3CCNCC3)cc2)c2ccsc2n1. The molecule has 0 radical (unpaired) electrons. The lowest BCUT2D eigenvalue weighted by atomic mass is 10.0. The summed E-state index contributed by atoms with van der Waals surface area (Å²) >= 11 is 1.68. The van der Waals surface area contributed by atoms with E-state index in [1.54, 1.807) is 11.3 Å². The van der Waals surface area contributed by atoms with Crippen LogP contribution in [0.1, 0.15) is 58.5 Å². The maximum atomic E-state index is 12.5. The molecule has 2 atom stereocenters. The van der Waals surface area contributed by atoms with E-state index >= 15 is 0 Å². The molecule has 0 spiro atoms. The Labute approximate surface area is 168 Å². The van der Waals surface area contributed by atoms with Crippen molar-refractivity contribution in [2.75, 3.05) is 13.1 Å². The first kappa shape index (κ1) is 17.8. The molecule has 1 aliphatic heterocycles. The van der Waals surface area contributed by atoms with Gasteiger partial charge in [0.2, 0.25) is 0 Å². The zero-order valence-corrected chi connectivity index (χ0v) is 16.8. The highest BCUT2D eigenvalue weighted by atomic mass is 32.1. The van der Waals surface area contributed by atoms with Crippen LogP contribution in [-0.2, 0) is 0 Å². The van der Waals surface area contributed by atoms with Crippen LogP contribution in [-0.4, -0.2) is 35.0 Å². The molecule has 2 aromatic heterocycles. The zero-order valence-electron chi connectivity index (χ0n) is 15.9. The lowest BCUT2D eigenvalue weighted by Gasteiger charge is -2.23. The van der Waals surface area contributed by atoms with E-state index in [1.165, 1.54) is 16.6 Å². The van der Waals surface area contributed by atoms with Crippen molar-refractivity contribution < 1.29 is 4.79 Å². The third kappa shape index (κ3) is 3.42. The Balaban J connectivity index is 1.29.